The molecule has 36 heavy (non-hydrogen) atoms. The summed E-state index contributed by atoms with van der Waals surface area (Å²) in [7, 11) is 0. The highest BCUT2D eigenvalue weighted by Crippen LogP contribution is 2.23. The Morgan fingerprint density at radius 3 is 2.53 bits per heavy atom. The standard InChI is InChI=1S/C29H37N5O2/c1-3-34-26-7-5-4-6-25(26)31-27(29(34)36)33-16-13-24(14-17-33)28(35)30-18-23-12-15-32(20-23)19-22-10-8-21(2)9-11-22/h4-11,23-24H,3,12-20H2,1-2H3,(H,30,35). The third-order valence-electron chi connectivity index (χ3n) is 7.78. The number of rotatable bonds is 7. The Labute approximate surface area is 213 Å². The molecule has 2 fully saturated rings. The summed E-state index contributed by atoms with van der Waals surface area (Å²) in [5.41, 5.74) is 4.30. The van der Waals surface area contributed by atoms with Gasteiger partial charge < -0.3 is 14.8 Å². The molecule has 7 nitrogen and oxygen atoms in total. The molecule has 1 unspecified atom stereocenters. The van der Waals surface area contributed by atoms with Gasteiger partial charge >= 0.3 is 0 Å². The molecule has 1 N–H and O–H groups in total. The molecule has 0 spiro atoms. The van der Waals surface area contributed by atoms with E-state index in [-0.39, 0.29) is 17.4 Å². The molecule has 3 heterocycles. The van der Waals surface area contributed by atoms with Gasteiger partial charge in [-0.3, -0.25) is 14.5 Å². The number of aryl methyl sites for hydroxylation is 2. The molecule has 5 rings (SSSR count). The van der Waals surface area contributed by atoms with Crippen molar-refractivity contribution >= 4 is 22.8 Å². The van der Waals surface area contributed by atoms with Crippen LogP contribution in [-0.4, -0.2) is 53.1 Å². The summed E-state index contributed by atoms with van der Waals surface area (Å²) in [6, 6.07) is 16.5. The quantitative estimate of drug-likeness (QED) is 0.552. The number of amides is 1. The Morgan fingerprint density at radius 1 is 1.03 bits per heavy atom. The van der Waals surface area contributed by atoms with Crippen LogP contribution in [0.25, 0.3) is 11.0 Å². The maximum atomic E-state index is 13.1. The molecule has 1 amide bonds. The predicted octanol–water partition coefficient (Wildman–Crippen LogP) is 3.58. The molecule has 2 aromatic carbocycles. The number of carbonyl (C=O) groups excluding carboxylic acids is 1. The van der Waals surface area contributed by atoms with Gasteiger partial charge in [0, 0.05) is 45.2 Å². The average molecular weight is 488 g/mol. The van der Waals surface area contributed by atoms with Crippen LogP contribution in [0.3, 0.4) is 0 Å². The van der Waals surface area contributed by atoms with E-state index in [1.165, 1.54) is 11.1 Å². The zero-order valence-electron chi connectivity index (χ0n) is 21.4. The summed E-state index contributed by atoms with van der Waals surface area (Å²) < 4.78 is 1.79. The van der Waals surface area contributed by atoms with Crippen LogP contribution in [0.15, 0.2) is 53.3 Å². The van der Waals surface area contributed by atoms with Crippen molar-refractivity contribution in [1.82, 2.24) is 19.8 Å². The number of hydrogen-bond donors (Lipinski definition) is 1. The maximum Gasteiger partial charge on any atom is 0.293 e. The Bertz CT molecular complexity index is 1260. The minimum absolute atomic E-state index is 0.000159. The van der Waals surface area contributed by atoms with E-state index < -0.39 is 0 Å². The lowest BCUT2D eigenvalue weighted by molar-refractivity contribution is -0.125. The topological polar surface area (TPSA) is 70.5 Å². The molecular formula is C29H37N5O2. The lowest BCUT2D eigenvalue weighted by Crippen LogP contribution is -2.44. The number of para-hydroxylation sites is 2. The summed E-state index contributed by atoms with van der Waals surface area (Å²) in [5, 5.41) is 3.23. The van der Waals surface area contributed by atoms with Crippen LogP contribution >= 0.6 is 0 Å². The van der Waals surface area contributed by atoms with Gasteiger partial charge in [0.25, 0.3) is 5.56 Å². The first-order valence-electron chi connectivity index (χ1n) is 13.3. The fraction of sp³-hybridized carbons (Fsp3) is 0.483. The van der Waals surface area contributed by atoms with Crippen molar-refractivity contribution < 1.29 is 4.79 Å². The fourth-order valence-electron chi connectivity index (χ4n) is 5.62. The van der Waals surface area contributed by atoms with E-state index in [1.54, 1.807) is 4.57 Å². The van der Waals surface area contributed by atoms with E-state index in [0.29, 0.717) is 31.4 Å². The van der Waals surface area contributed by atoms with Crippen LogP contribution in [0.2, 0.25) is 0 Å². The Hall–Kier alpha value is -3.19. The number of benzene rings is 2. The van der Waals surface area contributed by atoms with E-state index in [2.05, 4.69) is 46.3 Å². The first-order chi connectivity index (χ1) is 17.5. The Morgan fingerprint density at radius 2 is 1.78 bits per heavy atom. The lowest BCUT2D eigenvalue weighted by Gasteiger charge is -2.32. The second kappa shape index (κ2) is 10.8. The van der Waals surface area contributed by atoms with E-state index in [4.69, 9.17) is 4.98 Å². The molecule has 0 aliphatic carbocycles. The van der Waals surface area contributed by atoms with Crippen molar-refractivity contribution in [1.29, 1.82) is 0 Å². The highest BCUT2D eigenvalue weighted by Gasteiger charge is 2.29. The van der Waals surface area contributed by atoms with E-state index in [1.807, 2.05) is 31.2 Å². The molecule has 0 radical (unpaired) electrons. The summed E-state index contributed by atoms with van der Waals surface area (Å²) in [5.74, 6) is 1.17. The highest BCUT2D eigenvalue weighted by atomic mass is 16.2. The third kappa shape index (κ3) is 5.31. The fourth-order valence-corrected chi connectivity index (χ4v) is 5.62. The van der Waals surface area contributed by atoms with E-state index >= 15 is 0 Å². The first-order valence-corrected chi connectivity index (χ1v) is 13.3. The smallest absolute Gasteiger partial charge is 0.293 e. The zero-order chi connectivity index (χ0) is 25.1. The number of fused-ring (bicyclic) bond motifs is 1. The predicted molar refractivity (Wildman–Crippen MR) is 144 cm³/mol. The summed E-state index contributed by atoms with van der Waals surface area (Å²) in [6.07, 6.45) is 2.62. The van der Waals surface area contributed by atoms with Crippen LogP contribution in [-0.2, 0) is 17.9 Å². The van der Waals surface area contributed by atoms with Crippen LogP contribution in [0.5, 0.6) is 0 Å². The van der Waals surface area contributed by atoms with Gasteiger partial charge in [0.2, 0.25) is 5.91 Å². The number of anilines is 1. The SMILES string of the molecule is CCn1c(=O)c(N2CCC(C(=O)NCC3CCN(Cc4ccc(C)cc4)C3)CC2)nc2ccccc21. The second-order valence-corrected chi connectivity index (χ2v) is 10.4. The molecule has 1 aromatic heterocycles. The molecule has 2 saturated heterocycles. The molecule has 0 bridgehead atoms. The van der Waals surface area contributed by atoms with Gasteiger partial charge in [-0.1, -0.05) is 42.0 Å². The van der Waals surface area contributed by atoms with Gasteiger partial charge in [-0.05, 0) is 63.3 Å². The summed E-state index contributed by atoms with van der Waals surface area (Å²) in [6.45, 7) is 9.90. The van der Waals surface area contributed by atoms with Crippen molar-refractivity contribution in [3.05, 3.63) is 70.0 Å². The number of piperidine rings is 1. The molecule has 0 saturated carbocycles. The molecular weight excluding hydrogens is 450 g/mol. The third-order valence-corrected chi connectivity index (χ3v) is 7.78. The molecule has 1 atom stereocenters. The maximum absolute atomic E-state index is 13.1. The van der Waals surface area contributed by atoms with E-state index in [9.17, 15) is 9.59 Å². The van der Waals surface area contributed by atoms with Gasteiger partial charge in [-0.2, -0.15) is 0 Å². The minimum Gasteiger partial charge on any atom is -0.356 e. The van der Waals surface area contributed by atoms with E-state index in [0.717, 1.165) is 56.5 Å². The Balaban J connectivity index is 1.12. The van der Waals surface area contributed by atoms with Crippen molar-refractivity contribution in [2.75, 3.05) is 37.6 Å². The molecule has 190 valence electrons. The minimum atomic E-state index is -0.0458. The van der Waals surface area contributed by atoms with Gasteiger partial charge in [-0.15, -0.1) is 0 Å². The summed E-state index contributed by atoms with van der Waals surface area (Å²) >= 11 is 0. The van der Waals surface area contributed by atoms with Gasteiger partial charge in [-0.25, -0.2) is 4.98 Å². The molecule has 3 aromatic rings. The second-order valence-electron chi connectivity index (χ2n) is 10.4. The lowest BCUT2D eigenvalue weighted by atomic mass is 9.95. The van der Waals surface area contributed by atoms with Crippen LogP contribution in [0.4, 0.5) is 5.82 Å². The number of aromatic nitrogens is 2. The first kappa shape index (κ1) is 24.5. The highest BCUT2D eigenvalue weighted by molar-refractivity contribution is 5.79. The Kier molecular flexibility index (Phi) is 7.37. The average Bonchev–Trinajstić information content (AvgIpc) is 3.35. The normalized spacial score (nSPS) is 19.2. The number of nitrogens with zero attached hydrogens (tertiary/aromatic N) is 4. The number of nitrogens with one attached hydrogen (secondary N) is 1. The van der Waals surface area contributed by atoms with Gasteiger partial charge in [0.1, 0.15) is 0 Å². The molecule has 2 aliphatic heterocycles. The molecule has 2 aliphatic rings. The monoisotopic (exact) mass is 487 g/mol. The van der Waals surface area contributed by atoms with Crippen LogP contribution in [0, 0.1) is 18.8 Å². The largest absolute Gasteiger partial charge is 0.356 e. The number of likely N-dealkylation sites (tertiary alicyclic amines) is 1. The van der Waals surface area contributed by atoms with Gasteiger partial charge in [0.05, 0.1) is 11.0 Å². The van der Waals surface area contributed by atoms with Gasteiger partial charge in [0.15, 0.2) is 5.82 Å². The molecule has 7 heteroatoms. The van der Waals surface area contributed by atoms with Crippen molar-refractivity contribution in [2.24, 2.45) is 11.8 Å². The van der Waals surface area contributed by atoms with Crippen LogP contribution < -0.4 is 15.8 Å². The van der Waals surface area contributed by atoms with Crippen molar-refractivity contribution in [3.8, 4) is 0 Å². The van der Waals surface area contributed by atoms with Crippen LogP contribution in [0.1, 0.15) is 37.3 Å². The van der Waals surface area contributed by atoms with Crippen molar-refractivity contribution in [3.63, 3.8) is 0 Å². The summed E-state index contributed by atoms with van der Waals surface area (Å²) in [4.78, 5) is 35.3. The zero-order valence-corrected chi connectivity index (χ0v) is 21.4. The van der Waals surface area contributed by atoms with Crippen molar-refractivity contribution in [2.45, 2.75) is 46.2 Å². The number of hydrogen-bond acceptors (Lipinski definition) is 5. The number of carbonyl (C=O) groups is 1.